The van der Waals surface area contributed by atoms with Crippen LogP contribution in [-0.4, -0.2) is 29.9 Å². The van der Waals surface area contributed by atoms with Crippen molar-refractivity contribution in [2.45, 2.75) is 27.0 Å². The van der Waals surface area contributed by atoms with Crippen LogP contribution in [0.15, 0.2) is 65.1 Å². The predicted octanol–water partition coefficient (Wildman–Crippen LogP) is 4.99. The molecule has 0 fully saturated rings. The highest BCUT2D eigenvalue weighted by molar-refractivity contribution is 6.02. The van der Waals surface area contributed by atoms with Crippen LogP contribution in [-0.2, 0) is 13.2 Å². The maximum absolute atomic E-state index is 12.8. The SMILES string of the molecule is COc1cccc(Cn2nc(C)c(NC(=O)c3ccc(COc4ccccc4OC)o3)c2C)c1. The minimum Gasteiger partial charge on any atom is -0.497 e. The first-order valence-corrected chi connectivity index (χ1v) is 10.8. The molecule has 2 aromatic carbocycles. The molecule has 1 N–H and O–H groups in total. The molecule has 0 saturated carbocycles. The van der Waals surface area contributed by atoms with Crippen LogP contribution < -0.4 is 19.5 Å². The second kappa shape index (κ2) is 10.2. The van der Waals surface area contributed by atoms with Crippen LogP contribution >= 0.6 is 0 Å². The number of nitrogens with zero attached hydrogens (tertiary/aromatic N) is 2. The molecular formula is C26H27N3O5. The number of hydrogen-bond acceptors (Lipinski definition) is 6. The van der Waals surface area contributed by atoms with Crippen LogP contribution in [0.2, 0.25) is 0 Å². The van der Waals surface area contributed by atoms with Gasteiger partial charge in [-0.1, -0.05) is 24.3 Å². The van der Waals surface area contributed by atoms with Crippen molar-refractivity contribution in [3.8, 4) is 17.2 Å². The number of nitrogens with one attached hydrogen (secondary N) is 1. The van der Waals surface area contributed by atoms with Gasteiger partial charge in [-0.25, -0.2) is 0 Å². The third-order valence-electron chi connectivity index (χ3n) is 5.41. The lowest BCUT2D eigenvalue weighted by atomic mass is 10.2. The average molecular weight is 462 g/mol. The highest BCUT2D eigenvalue weighted by atomic mass is 16.5. The third kappa shape index (κ3) is 5.06. The van der Waals surface area contributed by atoms with Crippen molar-refractivity contribution in [2.24, 2.45) is 0 Å². The van der Waals surface area contributed by atoms with Gasteiger partial charge in [-0.2, -0.15) is 5.10 Å². The van der Waals surface area contributed by atoms with Crippen molar-refractivity contribution >= 4 is 11.6 Å². The van der Waals surface area contributed by atoms with Crippen molar-refractivity contribution in [2.75, 3.05) is 19.5 Å². The van der Waals surface area contributed by atoms with Gasteiger partial charge in [-0.15, -0.1) is 0 Å². The standard InChI is InChI=1S/C26H27N3O5/c1-17-25(18(2)29(28-17)15-19-8-7-9-20(14-19)31-3)27-26(30)24-13-12-21(34-24)16-33-23-11-6-5-10-22(23)32-4/h5-14H,15-16H2,1-4H3,(H,27,30). The van der Waals surface area contributed by atoms with Gasteiger partial charge >= 0.3 is 0 Å². The minimum absolute atomic E-state index is 0.171. The molecule has 0 unspecified atom stereocenters. The fourth-order valence-corrected chi connectivity index (χ4v) is 3.62. The van der Waals surface area contributed by atoms with E-state index in [9.17, 15) is 4.79 Å². The van der Waals surface area contributed by atoms with Crippen LogP contribution in [0.5, 0.6) is 17.2 Å². The summed E-state index contributed by atoms with van der Waals surface area (Å²) in [5, 5.41) is 7.52. The minimum atomic E-state index is -0.351. The van der Waals surface area contributed by atoms with Crippen LogP contribution in [0.1, 0.15) is 33.3 Å². The number of carbonyl (C=O) groups is 1. The van der Waals surface area contributed by atoms with Gasteiger partial charge < -0.3 is 23.9 Å². The summed E-state index contributed by atoms with van der Waals surface area (Å²) in [6.07, 6.45) is 0. The molecule has 1 amide bonds. The van der Waals surface area contributed by atoms with Gasteiger partial charge in [0.05, 0.1) is 37.8 Å². The first-order chi connectivity index (χ1) is 16.5. The number of aryl methyl sites for hydroxylation is 1. The molecule has 8 nitrogen and oxygen atoms in total. The number of ether oxygens (including phenoxy) is 3. The van der Waals surface area contributed by atoms with Gasteiger partial charge in [0.2, 0.25) is 0 Å². The molecule has 2 heterocycles. The average Bonchev–Trinajstić information content (AvgIpc) is 3.43. The summed E-state index contributed by atoms with van der Waals surface area (Å²) < 4.78 is 23.9. The Bertz CT molecular complexity index is 1290. The van der Waals surface area contributed by atoms with Crippen molar-refractivity contribution < 1.29 is 23.4 Å². The number of anilines is 1. The van der Waals surface area contributed by atoms with Crippen LogP contribution in [0, 0.1) is 13.8 Å². The van der Waals surface area contributed by atoms with E-state index >= 15 is 0 Å². The molecule has 0 aliphatic carbocycles. The van der Waals surface area contributed by atoms with Gasteiger partial charge in [-0.3, -0.25) is 9.48 Å². The fraction of sp³-hybridized carbons (Fsp3) is 0.231. The van der Waals surface area contributed by atoms with Gasteiger partial charge in [0.15, 0.2) is 17.3 Å². The summed E-state index contributed by atoms with van der Waals surface area (Å²) in [4.78, 5) is 12.8. The molecule has 0 spiro atoms. The highest BCUT2D eigenvalue weighted by Gasteiger charge is 2.18. The number of carbonyl (C=O) groups excluding carboxylic acids is 1. The second-order valence-electron chi connectivity index (χ2n) is 7.71. The Morgan fingerprint density at radius 1 is 1.00 bits per heavy atom. The first kappa shape index (κ1) is 23.0. The van der Waals surface area contributed by atoms with E-state index in [2.05, 4.69) is 10.4 Å². The topological polar surface area (TPSA) is 87.8 Å². The van der Waals surface area contributed by atoms with Gasteiger partial charge in [0.25, 0.3) is 5.91 Å². The first-order valence-electron chi connectivity index (χ1n) is 10.8. The van der Waals surface area contributed by atoms with Crippen molar-refractivity contribution in [1.29, 1.82) is 0 Å². The number of para-hydroxylation sites is 2. The summed E-state index contributed by atoms with van der Waals surface area (Å²) in [7, 11) is 3.22. The molecule has 34 heavy (non-hydrogen) atoms. The Labute approximate surface area is 198 Å². The lowest BCUT2D eigenvalue weighted by Gasteiger charge is -2.09. The lowest BCUT2D eigenvalue weighted by Crippen LogP contribution is -2.12. The number of aromatic nitrogens is 2. The Balaban J connectivity index is 1.42. The smallest absolute Gasteiger partial charge is 0.291 e. The zero-order chi connectivity index (χ0) is 24.1. The van der Waals surface area contributed by atoms with Crippen LogP contribution in [0.25, 0.3) is 0 Å². The molecular weight excluding hydrogens is 434 g/mol. The summed E-state index contributed by atoms with van der Waals surface area (Å²) in [6.45, 7) is 4.51. The molecule has 4 aromatic rings. The lowest BCUT2D eigenvalue weighted by molar-refractivity contribution is 0.0992. The van der Waals surface area contributed by atoms with E-state index in [-0.39, 0.29) is 18.3 Å². The monoisotopic (exact) mass is 461 g/mol. The zero-order valence-corrected chi connectivity index (χ0v) is 19.6. The third-order valence-corrected chi connectivity index (χ3v) is 5.41. The summed E-state index contributed by atoms with van der Waals surface area (Å²) in [6, 6.07) is 18.5. The van der Waals surface area contributed by atoms with E-state index < -0.39 is 0 Å². The molecule has 176 valence electrons. The van der Waals surface area contributed by atoms with Crippen LogP contribution in [0.3, 0.4) is 0 Å². The van der Waals surface area contributed by atoms with Crippen molar-refractivity contribution in [1.82, 2.24) is 9.78 Å². The molecule has 0 radical (unpaired) electrons. The molecule has 0 saturated heterocycles. The second-order valence-corrected chi connectivity index (χ2v) is 7.71. The van der Waals surface area contributed by atoms with E-state index in [1.807, 2.05) is 67.1 Å². The van der Waals surface area contributed by atoms with Crippen molar-refractivity contribution in [3.05, 3.63) is 89.1 Å². The summed E-state index contributed by atoms with van der Waals surface area (Å²) in [5.41, 5.74) is 3.28. The number of methoxy groups -OCH3 is 2. The predicted molar refractivity (Wildman–Crippen MR) is 128 cm³/mol. The normalized spacial score (nSPS) is 10.7. The molecule has 0 aliphatic heterocycles. The summed E-state index contributed by atoms with van der Waals surface area (Å²) >= 11 is 0. The largest absolute Gasteiger partial charge is 0.497 e. The van der Waals surface area contributed by atoms with Gasteiger partial charge in [0, 0.05) is 0 Å². The highest BCUT2D eigenvalue weighted by Crippen LogP contribution is 2.27. The molecule has 2 aromatic heterocycles. The maximum Gasteiger partial charge on any atom is 0.291 e. The Kier molecular flexibility index (Phi) is 6.87. The van der Waals surface area contributed by atoms with E-state index in [0.29, 0.717) is 29.5 Å². The Morgan fingerprint density at radius 3 is 2.56 bits per heavy atom. The van der Waals surface area contributed by atoms with E-state index in [1.54, 1.807) is 26.4 Å². The molecule has 4 rings (SSSR count). The zero-order valence-electron chi connectivity index (χ0n) is 19.6. The molecule has 0 aliphatic rings. The quantitative estimate of drug-likeness (QED) is 0.378. The fourth-order valence-electron chi connectivity index (χ4n) is 3.62. The Morgan fingerprint density at radius 2 is 1.79 bits per heavy atom. The Hall–Kier alpha value is -4.20. The number of furan rings is 1. The van der Waals surface area contributed by atoms with Gasteiger partial charge in [-0.05, 0) is 55.8 Å². The molecule has 0 bridgehead atoms. The number of hydrogen-bond donors (Lipinski definition) is 1. The summed E-state index contributed by atoms with van der Waals surface area (Å²) in [5.74, 6) is 2.38. The number of rotatable bonds is 9. The van der Waals surface area contributed by atoms with Crippen molar-refractivity contribution in [3.63, 3.8) is 0 Å². The number of benzene rings is 2. The molecule has 0 atom stereocenters. The number of amides is 1. The maximum atomic E-state index is 12.8. The van der Waals surface area contributed by atoms with E-state index in [1.165, 1.54) is 0 Å². The van der Waals surface area contributed by atoms with Gasteiger partial charge in [0.1, 0.15) is 18.1 Å². The molecule has 8 heteroatoms. The van der Waals surface area contributed by atoms with E-state index in [4.69, 9.17) is 18.6 Å². The van der Waals surface area contributed by atoms with Crippen LogP contribution in [0.4, 0.5) is 5.69 Å². The van der Waals surface area contributed by atoms with E-state index in [0.717, 1.165) is 22.7 Å².